The van der Waals surface area contributed by atoms with E-state index in [9.17, 15) is 14.7 Å². The fourth-order valence-electron chi connectivity index (χ4n) is 2.40. The number of phenolic OH excluding ortho intramolecular Hbond substituents is 1. The predicted octanol–water partition coefficient (Wildman–Crippen LogP) is 2.48. The summed E-state index contributed by atoms with van der Waals surface area (Å²) >= 11 is 0. The van der Waals surface area contributed by atoms with Crippen LogP contribution in [0.15, 0.2) is 36.4 Å². The van der Waals surface area contributed by atoms with Crippen LogP contribution in [-0.4, -0.2) is 16.7 Å². The summed E-state index contributed by atoms with van der Waals surface area (Å²) in [4.78, 5) is 24.7. The first kappa shape index (κ1) is 10.7. The van der Waals surface area contributed by atoms with Crippen LogP contribution in [0.25, 0.3) is 0 Å². The number of phenols is 1. The van der Waals surface area contributed by atoms with Gasteiger partial charge in [0.1, 0.15) is 5.75 Å². The Morgan fingerprint density at radius 2 is 1.39 bits per heavy atom. The third-order valence-corrected chi connectivity index (χ3v) is 3.26. The van der Waals surface area contributed by atoms with Crippen molar-refractivity contribution < 1.29 is 14.7 Å². The molecule has 0 amide bonds. The number of carbonyl (C=O) groups excluding carboxylic acids is 2. The third kappa shape index (κ3) is 1.24. The molecular weight excluding hydrogens is 228 g/mol. The molecule has 0 unspecified atom stereocenters. The van der Waals surface area contributed by atoms with Gasteiger partial charge in [-0.1, -0.05) is 30.3 Å². The van der Waals surface area contributed by atoms with Crippen molar-refractivity contribution in [1.82, 2.24) is 0 Å². The average Bonchev–Trinajstić information content (AvgIpc) is 2.35. The molecule has 3 nitrogen and oxygen atoms in total. The van der Waals surface area contributed by atoms with E-state index in [1.807, 2.05) is 0 Å². The summed E-state index contributed by atoms with van der Waals surface area (Å²) in [5, 5.41) is 9.77. The highest BCUT2D eigenvalue weighted by Gasteiger charge is 2.32. The van der Waals surface area contributed by atoms with Crippen molar-refractivity contribution in [2.75, 3.05) is 0 Å². The second kappa shape index (κ2) is 3.53. The highest BCUT2D eigenvalue weighted by molar-refractivity contribution is 6.29. The van der Waals surface area contributed by atoms with Crippen LogP contribution in [0.1, 0.15) is 37.4 Å². The zero-order valence-electron chi connectivity index (χ0n) is 9.73. The minimum Gasteiger partial charge on any atom is -0.507 e. The number of aromatic hydroxyl groups is 1. The molecule has 0 aromatic heterocycles. The van der Waals surface area contributed by atoms with E-state index in [0.717, 1.165) is 5.56 Å². The summed E-state index contributed by atoms with van der Waals surface area (Å²) in [5.74, 6) is -0.631. The maximum atomic E-state index is 12.4. The largest absolute Gasteiger partial charge is 0.507 e. The van der Waals surface area contributed by atoms with Crippen LogP contribution in [0.3, 0.4) is 0 Å². The minimum atomic E-state index is -0.290. The van der Waals surface area contributed by atoms with Gasteiger partial charge in [-0.15, -0.1) is 0 Å². The second-order valence-electron chi connectivity index (χ2n) is 4.36. The Labute approximate surface area is 104 Å². The van der Waals surface area contributed by atoms with Crippen LogP contribution in [0.5, 0.6) is 5.75 Å². The lowest BCUT2D eigenvalue weighted by molar-refractivity contribution is 0.0976. The highest BCUT2D eigenvalue weighted by atomic mass is 16.3. The van der Waals surface area contributed by atoms with Crippen LogP contribution in [0.4, 0.5) is 0 Å². The molecule has 18 heavy (non-hydrogen) atoms. The van der Waals surface area contributed by atoms with Gasteiger partial charge in [-0.2, -0.15) is 0 Å². The molecule has 0 aliphatic heterocycles. The second-order valence-corrected chi connectivity index (χ2v) is 4.36. The smallest absolute Gasteiger partial charge is 0.198 e. The van der Waals surface area contributed by atoms with Gasteiger partial charge in [0, 0.05) is 16.7 Å². The molecule has 0 saturated carbocycles. The van der Waals surface area contributed by atoms with Crippen LogP contribution in [0.2, 0.25) is 0 Å². The summed E-state index contributed by atoms with van der Waals surface area (Å²) in [6.07, 6.45) is 0. The summed E-state index contributed by atoms with van der Waals surface area (Å²) in [6, 6.07) is 9.73. The molecule has 88 valence electrons. The van der Waals surface area contributed by atoms with Gasteiger partial charge in [-0.3, -0.25) is 9.59 Å². The summed E-state index contributed by atoms with van der Waals surface area (Å²) in [7, 11) is 0. The summed E-state index contributed by atoms with van der Waals surface area (Å²) in [6.45, 7) is 1.80. The standard InChI is InChI=1S/C15H10O3/c1-8-4-2-5-9-12(8)14(17)10-6-3-7-11(16)13(10)15(9)18/h2-7,16H,1H3. The van der Waals surface area contributed by atoms with Crippen molar-refractivity contribution in [2.45, 2.75) is 6.92 Å². The monoisotopic (exact) mass is 238 g/mol. The zero-order chi connectivity index (χ0) is 12.9. The molecule has 0 bridgehead atoms. The minimum absolute atomic E-state index is 0.112. The normalized spacial score (nSPS) is 13.2. The summed E-state index contributed by atoms with van der Waals surface area (Å²) < 4.78 is 0. The van der Waals surface area contributed by atoms with Crippen molar-refractivity contribution in [2.24, 2.45) is 0 Å². The van der Waals surface area contributed by atoms with Gasteiger partial charge in [-0.25, -0.2) is 0 Å². The molecule has 2 aromatic carbocycles. The third-order valence-electron chi connectivity index (χ3n) is 3.26. The number of carbonyl (C=O) groups is 2. The number of hydrogen-bond acceptors (Lipinski definition) is 3. The number of aryl methyl sites for hydroxylation is 1. The van der Waals surface area contributed by atoms with Gasteiger partial charge in [0.25, 0.3) is 0 Å². The van der Waals surface area contributed by atoms with Gasteiger partial charge >= 0.3 is 0 Å². The molecule has 0 heterocycles. The number of benzene rings is 2. The maximum Gasteiger partial charge on any atom is 0.198 e. The first-order valence-corrected chi connectivity index (χ1v) is 5.62. The maximum absolute atomic E-state index is 12.4. The molecule has 1 aliphatic carbocycles. The van der Waals surface area contributed by atoms with Gasteiger partial charge in [-0.05, 0) is 18.6 Å². The zero-order valence-corrected chi connectivity index (χ0v) is 9.73. The lowest BCUT2D eigenvalue weighted by Crippen LogP contribution is -2.21. The van der Waals surface area contributed by atoms with Gasteiger partial charge < -0.3 is 5.11 Å². The molecule has 1 N–H and O–H groups in total. The van der Waals surface area contributed by atoms with E-state index < -0.39 is 0 Å². The Balaban J connectivity index is 2.40. The lowest BCUT2D eigenvalue weighted by Gasteiger charge is -2.19. The van der Waals surface area contributed by atoms with E-state index in [-0.39, 0.29) is 28.4 Å². The number of fused-ring (bicyclic) bond motifs is 2. The van der Waals surface area contributed by atoms with Crippen molar-refractivity contribution in [3.05, 3.63) is 64.2 Å². The molecular formula is C15H10O3. The molecule has 0 atom stereocenters. The number of ketones is 2. The van der Waals surface area contributed by atoms with E-state index in [2.05, 4.69) is 0 Å². The molecule has 3 rings (SSSR count). The number of rotatable bonds is 0. The van der Waals surface area contributed by atoms with E-state index in [1.54, 1.807) is 37.3 Å². The van der Waals surface area contributed by atoms with Gasteiger partial charge in [0.05, 0.1) is 5.56 Å². The topological polar surface area (TPSA) is 54.4 Å². The van der Waals surface area contributed by atoms with Crippen LogP contribution >= 0.6 is 0 Å². The highest BCUT2D eigenvalue weighted by Crippen LogP contribution is 2.33. The van der Waals surface area contributed by atoms with Gasteiger partial charge in [0.2, 0.25) is 0 Å². The SMILES string of the molecule is Cc1cccc2c1C(=O)c1cccc(O)c1C2=O. The Bertz CT molecular complexity index is 637. The summed E-state index contributed by atoms with van der Waals surface area (Å²) in [5.41, 5.74) is 1.98. The van der Waals surface area contributed by atoms with Gasteiger partial charge in [0.15, 0.2) is 11.6 Å². The first-order chi connectivity index (χ1) is 8.61. The van der Waals surface area contributed by atoms with Crippen molar-refractivity contribution >= 4 is 11.6 Å². The van der Waals surface area contributed by atoms with Crippen LogP contribution in [-0.2, 0) is 0 Å². The van der Waals surface area contributed by atoms with E-state index in [1.165, 1.54) is 6.07 Å². The molecule has 2 aromatic rings. The van der Waals surface area contributed by atoms with Crippen molar-refractivity contribution in [1.29, 1.82) is 0 Å². The molecule has 3 heteroatoms. The Kier molecular flexibility index (Phi) is 2.10. The average molecular weight is 238 g/mol. The molecule has 0 saturated heterocycles. The number of hydrogen-bond donors (Lipinski definition) is 1. The van der Waals surface area contributed by atoms with E-state index in [0.29, 0.717) is 11.1 Å². The molecule has 0 spiro atoms. The lowest BCUT2D eigenvalue weighted by atomic mass is 9.82. The molecule has 0 fully saturated rings. The fourth-order valence-corrected chi connectivity index (χ4v) is 2.40. The van der Waals surface area contributed by atoms with E-state index in [4.69, 9.17) is 0 Å². The van der Waals surface area contributed by atoms with E-state index >= 15 is 0 Å². The molecule has 1 aliphatic rings. The quantitative estimate of drug-likeness (QED) is 0.654. The van der Waals surface area contributed by atoms with Crippen LogP contribution in [0, 0.1) is 6.92 Å². The van der Waals surface area contributed by atoms with Crippen molar-refractivity contribution in [3.63, 3.8) is 0 Å². The Morgan fingerprint density at radius 3 is 2.11 bits per heavy atom. The Hall–Kier alpha value is -2.42. The Morgan fingerprint density at radius 1 is 0.833 bits per heavy atom. The van der Waals surface area contributed by atoms with Crippen LogP contribution < -0.4 is 0 Å². The van der Waals surface area contributed by atoms with Crippen molar-refractivity contribution in [3.8, 4) is 5.75 Å². The first-order valence-electron chi connectivity index (χ1n) is 5.62. The predicted molar refractivity (Wildman–Crippen MR) is 66.2 cm³/mol. The molecule has 0 radical (unpaired) electrons. The fraction of sp³-hybridized carbons (Fsp3) is 0.0667.